The number of pyridine rings is 1. The highest BCUT2D eigenvalue weighted by molar-refractivity contribution is 7.89. The zero-order valence-electron chi connectivity index (χ0n) is 8.82. The molecule has 0 atom stereocenters. The minimum atomic E-state index is -3.49. The van der Waals surface area contributed by atoms with Gasteiger partial charge < -0.3 is 5.32 Å². The van der Waals surface area contributed by atoms with Crippen LogP contribution in [0.3, 0.4) is 0 Å². The van der Waals surface area contributed by atoms with Crippen LogP contribution in [0.1, 0.15) is 13.3 Å². The summed E-state index contributed by atoms with van der Waals surface area (Å²) in [4.78, 5) is 3.86. The molecule has 0 amide bonds. The summed E-state index contributed by atoms with van der Waals surface area (Å²) >= 11 is 0. The summed E-state index contributed by atoms with van der Waals surface area (Å²) in [6, 6.07) is 3.36. The smallest absolute Gasteiger partial charge is 0.260 e. The van der Waals surface area contributed by atoms with Gasteiger partial charge >= 0.3 is 0 Å². The fourth-order valence-electron chi connectivity index (χ4n) is 1.10. The Balaban J connectivity index is 3.04. The van der Waals surface area contributed by atoms with E-state index in [-0.39, 0.29) is 5.03 Å². The van der Waals surface area contributed by atoms with E-state index in [1.807, 2.05) is 6.92 Å². The third-order valence-corrected chi connectivity index (χ3v) is 3.26. The van der Waals surface area contributed by atoms with E-state index in [4.69, 9.17) is 0 Å². The van der Waals surface area contributed by atoms with Gasteiger partial charge in [-0.3, -0.25) is 0 Å². The molecule has 0 aliphatic carbocycles. The zero-order chi connectivity index (χ0) is 11.3. The molecule has 6 heteroatoms. The first-order valence-electron chi connectivity index (χ1n) is 4.74. The normalized spacial score (nSPS) is 11.3. The molecule has 0 radical (unpaired) electrons. The van der Waals surface area contributed by atoms with Crippen molar-refractivity contribution in [2.24, 2.45) is 0 Å². The molecule has 0 unspecified atom stereocenters. The van der Waals surface area contributed by atoms with Crippen molar-refractivity contribution in [3.63, 3.8) is 0 Å². The molecule has 1 heterocycles. The summed E-state index contributed by atoms with van der Waals surface area (Å²) in [5.74, 6) is 0. The van der Waals surface area contributed by atoms with Gasteiger partial charge in [-0.05, 0) is 18.6 Å². The Labute approximate surface area is 90.0 Å². The predicted octanol–water partition coefficient (Wildman–Crippen LogP) is 0.812. The van der Waals surface area contributed by atoms with Gasteiger partial charge in [-0.1, -0.05) is 6.92 Å². The van der Waals surface area contributed by atoms with Crippen molar-refractivity contribution in [2.75, 3.05) is 18.9 Å². The molecule has 0 fully saturated rings. The molecule has 0 aliphatic heterocycles. The predicted molar refractivity (Wildman–Crippen MR) is 59.3 cm³/mol. The molecule has 1 aromatic rings. The summed E-state index contributed by atoms with van der Waals surface area (Å²) in [5, 5.41) is 2.84. The van der Waals surface area contributed by atoms with E-state index in [2.05, 4.69) is 15.0 Å². The quantitative estimate of drug-likeness (QED) is 0.784. The maximum atomic E-state index is 11.8. The van der Waals surface area contributed by atoms with Crippen LogP contribution in [0.4, 0.5) is 5.69 Å². The summed E-state index contributed by atoms with van der Waals surface area (Å²) in [6.07, 6.45) is 2.21. The van der Waals surface area contributed by atoms with E-state index in [1.165, 1.54) is 6.20 Å². The van der Waals surface area contributed by atoms with Crippen LogP contribution < -0.4 is 10.0 Å². The Morgan fingerprint density at radius 2 is 2.20 bits per heavy atom. The molecule has 1 rings (SSSR count). The molecule has 0 bridgehead atoms. The SMILES string of the molecule is CCCNS(=O)(=O)c1ncccc1NC. The highest BCUT2D eigenvalue weighted by atomic mass is 32.2. The summed E-state index contributed by atoms with van der Waals surface area (Å²) in [6.45, 7) is 2.32. The molecule has 0 saturated carbocycles. The Morgan fingerprint density at radius 1 is 1.47 bits per heavy atom. The molecular weight excluding hydrogens is 214 g/mol. The van der Waals surface area contributed by atoms with E-state index >= 15 is 0 Å². The van der Waals surface area contributed by atoms with Crippen molar-refractivity contribution in [2.45, 2.75) is 18.4 Å². The van der Waals surface area contributed by atoms with Gasteiger partial charge in [0.1, 0.15) is 0 Å². The third-order valence-electron chi connectivity index (χ3n) is 1.84. The first-order chi connectivity index (χ1) is 7.11. The summed E-state index contributed by atoms with van der Waals surface area (Å²) in [5.41, 5.74) is 0.501. The van der Waals surface area contributed by atoms with E-state index in [0.29, 0.717) is 12.2 Å². The highest BCUT2D eigenvalue weighted by Crippen LogP contribution is 2.16. The molecule has 84 valence electrons. The Hall–Kier alpha value is -1.14. The summed E-state index contributed by atoms with van der Waals surface area (Å²) in [7, 11) is -1.83. The molecule has 1 aromatic heterocycles. The first-order valence-corrected chi connectivity index (χ1v) is 6.22. The molecule has 5 nitrogen and oxygen atoms in total. The fourth-order valence-corrected chi connectivity index (χ4v) is 2.37. The van der Waals surface area contributed by atoms with E-state index < -0.39 is 10.0 Å². The highest BCUT2D eigenvalue weighted by Gasteiger charge is 2.18. The first kappa shape index (κ1) is 11.9. The van der Waals surface area contributed by atoms with Crippen molar-refractivity contribution >= 4 is 15.7 Å². The maximum absolute atomic E-state index is 11.8. The van der Waals surface area contributed by atoms with Gasteiger partial charge in [0.05, 0.1) is 5.69 Å². The van der Waals surface area contributed by atoms with Gasteiger partial charge in [-0.15, -0.1) is 0 Å². The number of nitrogens with one attached hydrogen (secondary N) is 2. The van der Waals surface area contributed by atoms with Crippen LogP contribution in [0.25, 0.3) is 0 Å². The molecule has 0 saturated heterocycles. The van der Waals surface area contributed by atoms with Crippen LogP contribution in [0.2, 0.25) is 0 Å². The molecule has 15 heavy (non-hydrogen) atoms. The molecule has 2 N–H and O–H groups in total. The van der Waals surface area contributed by atoms with Crippen LogP contribution in [-0.4, -0.2) is 27.0 Å². The van der Waals surface area contributed by atoms with Gasteiger partial charge in [-0.2, -0.15) is 0 Å². The summed E-state index contributed by atoms with van der Waals surface area (Å²) < 4.78 is 26.0. The third kappa shape index (κ3) is 2.90. The van der Waals surface area contributed by atoms with Crippen molar-refractivity contribution in [1.29, 1.82) is 0 Å². The average Bonchev–Trinajstić information content (AvgIpc) is 2.26. The average molecular weight is 229 g/mol. The molecular formula is C9H15N3O2S. The Bertz CT molecular complexity index is 417. The number of aromatic nitrogens is 1. The van der Waals surface area contributed by atoms with Crippen LogP contribution in [-0.2, 0) is 10.0 Å². The van der Waals surface area contributed by atoms with E-state index in [9.17, 15) is 8.42 Å². The lowest BCUT2D eigenvalue weighted by Gasteiger charge is -2.08. The van der Waals surface area contributed by atoms with Crippen LogP contribution in [0.5, 0.6) is 0 Å². The molecule has 0 aromatic carbocycles. The second kappa shape index (κ2) is 5.09. The van der Waals surface area contributed by atoms with Crippen molar-refractivity contribution in [3.8, 4) is 0 Å². The van der Waals surface area contributed by atoms with E-state index in [1.54, 1.807) is 19.2 Å². The van der Waals surface area contributed by atoms with Crippen molar-refractivity contribution in [1.82, 2.24) is 9.71 Å². The number of hydrogen-bond donors (Lipinski definition) is 2. The van der Waals surface area contributed by atoms with Crippen molar-refractivity contribution in [3.05, 3.63) is 18.3 Å². The van der Waals surface area contributed by atoms with Gasteiger partial charge in [-0.25, -0.2) is 18.1 Å². The second-order valence-electron chi connectivity index (χ2n) is 3.00. The minimum absolute atomic E-state index is 0.0425. The lowest BCUT2D eigenvalue weighted by molar-refractivity contribution is 0.577. The second-order valence-corrected chi connectivity index (χ2v) is 4.69. The van der Waals surface area contributed by atoms with Gasteiger partial charge in [0, 0.05) is 19.8 Å². The largest absolute Gasteiger partial charge is 0.386 e. The fraction of sp³-hybridized carbons (Fsp3) is 0.444. The maximum Gasteiger partial charge on any atom is 0.260 e. The number of rotatable bonds is 5. The van der Waals surface area contributed by atoms with E-state index in [0.717, 1.165) is 6.42 Å². The van der Waals surface area contributed by atoms with Crippen LogP contribution in [0, 0.1) is 0 Å². The number of sulfonamides is 1. The van der Waals surface area contributed by atoms with Gasteiger partial charge in [0.15, 0.2) is 5.03 Å². The van der Waals surface area contributed by atoms with Crippen LogP contribution >= 0.6 is 0 Å². The lowest BCUT2D eigenvalue weighted by atomic mass is 10.4. The van der Waals surface area contributed by atoms with Gasteiger partial charge in [0.25, 0.3) is 10.0 Å². The number of hydrogen-bond acceptors (Lipinski definition) is 4. The number of anilines is 1. The minimum Gasteiger partial charge on any atom is -0.386 e. The monoisotopic (exact) mass is 229 g/mol. The zero-order valence-corrected chi connectivity index (χ0v) is 9.63. The molecule has 0 aliphatic rings. The lowest BCUT2D eigenvalue weighted by Crippen LogP contribution is -2.26. The van der Waals surface area contributed by atoms with Crippen LogP contribution in [0.15, 0.2) is 23.4 Å². The van der Waals surface area contributed by atoms with Crippen molar-refractivity contribution < 1.29 is 8.42 Å². The Morgan fingerprint density at radius 3 is 2.80 bits per heavy atom. The topological polar surface area (TPSA) is 71.1 Å². The Kier molecular flexibility index (Phi) is 4.05. The standard InChI is InChI=1S/C9H15N3O2S/c1-3-6-12-15(13,14)9-8(10-2)5-4-7-11-9/h4-5,7,10,12H,3,6H2,1-2H3. The number of nitrogens with zero attached hydrogens (tertiary/aromatic N) is 1. The molecule has 0 spiro atoms. The van der Waals surface area contributed by atoms with Gasteiger partial charge in [0.2, 0.25) is 0 Å².